The predicted octanol–water partition coefficient (Wildman–Crippen LogP) is 4.03. The van der Waals surface area contributed by atoms with Crippen LogP contribution < -0.4 is 0 Å². The van der Waals surface area contributed by atoms with Gasteiger partial charge in [0.05, 0.1) is 12.3 Å². The van der Waals surface area contributed by atoms with Gasteiger partial charge >= 0.3 is 0 Å². The summed E-state index contributed by atoms with van der Waals surface area (Å²) in [7, 11) is 0. The summed E-state index contributed by atoms with van der Waals surface area (Å²) in [5, 5.41) is 16.6. The highest BCUT2D eigenvalue weighted by Gasteiger charge is 2.22. The molecule has 1 saturated heterocycles. The lowest BCUT2D eigenvalue weighted by atomic mass is 10.00. The number of hydrogen-bond donors (Lipinski definition) is 2. The third-order valence-electron chi connectivity index (χ3n) is 4.17. The van der Waals surface area contributed by atoms with E-state index in [0.717, 1.165) is 36.9 Å². The van der Waals surface area contributed by atoms with Crippen molar-refractivity contribution in [2.24, 2.45) is 0 Å². The zero-order valence-corrected chi connectivity index (χ0v) is 15.4. The average Bonchev–Trinajstić information content (AvgIpc) is 3.07. The molecular formula is C20H29N3O2. The monoisotopic (exact) mass is 343 g/mol. The van der Waals surface area contributed by atoms with Crippen molar-refractivity contribution in [1.82, 2.24) is 4.90 Å². The second-order valence-corrected chi connectivity index (χ2v) is 5.89. The highest BCUT2D eigenvalue weighted by molar-refractivity contribution is 6.13. The Labute approximate surface area is 150 Å². The molecule has 0 radical (unpaired) electrons. The lowest BCUT2D eigenvalue weighted by Crippen LogP contribution is -2.32. The molecule has 1 fully saturated rings. The zero-order chi connectivity index (χ0) is 18.7. The minimum absolute atomic E-state index is 0.431. The molecule has 0 saturated carbocycles. The minimum Gasteiger partial charge on any atom is -0.468 e. The lowest BCUT2D eigenvalue weighted by Gasteiger charge is -2.23. The topological polar surface area (TPSA) is 77.2 Å². The number of nitrogens with one attached hydrogen (secondary N) is 2. The maximum absolute atomic E-state index is 9.18. The Bertz CT molecular complexity index is 596. The van der Waals surface area contributed by atoms with Crippen LogP contribution in [0.4, 0.5) is 0 Å². The maximum Gasteiger partial charge on any atom is 0.293 e. The molecule has 0 amide bonds. The Kier molecular flexibility index (Phi) is 9.22. The van der Waals surface area contributed by atoms with Gasteiger partial charge in [-0.25, -0.2) is 0 Å². The number of rotatable bonds is 6. The smallest absolute Gasteiger partial charge is 0.293 e. The molecule has 2 rings (SSSR count). The van der Waals surface area contributed by atoms with E-state index in [-0.39, 0.29) is 0 Å². The van der Waals surface area contributed by atoms with Gasteiger partial charge in [0.1, 0.15) is 5.84 Å². The maximum atomic E-state index is 9.18. The van der Waals surface area contributed by atoms with Crippen LogP contribution in [0, 0.1) is 10.8 Å². The fourth-order valence-corrected chi connectivity index (χ4v) is 2.75. The first-order chi connectivity index (χ1) is 12.0. The van der Waals surface area contributed by atoms with E-state index in [9.17, 15) is 4.79 Å². The van der Waals surface area contributed by atoms with E-state index in [1.807, 2.05) is 43.3 Å². The number of likely N-dealkylation sites (tertiary alicyclic amines) is 1. The zero-order valence-electron chi connectivity index (χ0n) is 15.4. The Morgan fingerprint density at radius 1 is 1.28 bits per heavy atom. The average molecular weight is 343 g/mol. The van der Waals surface area contributed by atoms with Crippen LogP contribution in [0.1, 0.15) is 45.6 Å². The van der Waals surface area contributed by atoms with E-state index in [1.165, 1.54) is 0 Å². The Morgan fingerprint density at radius 2 is 1.96 bits per heavy atom. The molecule has 1 aliphatic heterocycles. The van der Waals surface area contributed by atoms with Gasteiger partial charge in [0.2, 0.25) is 0 Å². The van der Waals surface area contributed by atoms with Crippen molar-refractivity contribution in [1.29, 1.82) is 10.8 Å². The van der Waals surface area contributed by atoms with E-state index < -0.39 is 0 Å². The summed E-state index contributed by atoms with van der Waals surface area (Å²) >= 11 is 0. The fourth-order valence-electron chi connectivity index (χ4n) is 2.75. The van der Waals surface area contributed by atoms with E-state index in [1.54, 1.807) is 6.92 Å². The number of nitrogens with zero attached hydrogens (tertiary/aromatic N) is 1. The van der Waals surface area contributed by atoms with Crippen molar-refractivity contribution in [2.45, 2.75) is 46.1 Å². The molecule has 136 valence electrons. The third-order valence-corrected chi connectivity index (χ3v) is 4.17. The summed E-state index contributed by atoms with van der Waals surface area (Å²) in [6.45, 7) is 7.84. The summed E-state index contributed by atoms with van der Waals surface area (Å²) in [5.74, 6) is 0.549. The number of carbonyl (C=O) groups excluding carboxylic acids is 1. The van der Waals surface area contributed by atoms with Crippen LogP contribution in [-0.4, -0.2) is 42.1 Å². The first kappa shape index (κ1) is 20.6. The van der Waals surface area contributed by atoms with Gasteiger partial charge in [0, 0.05) is 12.6 Å². The molecule has 1 aliphatic rings. The number of allylic oxidation sites excluding steroid dienone is 1. The predicted molar refractivity (Wildman–Crippen MR) is 102 cm³/mol. The molecule has 0 aromatic heterocycles. The first-order valence-corrected chi connectivity index (χ1v) is 8.80. The summed E-state index contributed by atoms with van der Waals surface area (Å²) in [6, 6.07) is 10.2. The van der Waals surface area contributed by atoms with Crippen molar-refractivity contribution in [3.05, 3.63) is 47.5 Å². The molecule has 1 aromatic carbocycles. The van der Waals surface area contributed by atoms with Crippen LogP contribution in [0.2, 0.25) is 0 Å². The molecule has 1 unspecified atom stereocenters. The van der Waals surface area contributed by atoms with Crippen molar-refractivity contribution < 1.29 is 9.53 Å². The molecular weight excluding hydrogens is 314 g/mol. The van der Waals surface area contributed by atoms with Crippen molar-refractivity contribution >= 4 is 18.0 Å². The number of hydrogen-bond acceptors (Lipinski definition) is 4. The SMILES string of the molecule is CC/C(=C/C(=N)N1CCCC1C)C(=N)c1ccccc1.CCOC=O. The van der Waals surface area contributed by atoms with Gasteiger partial charge in [-0.2, -0.15) is 0 Å². The van der Waals surface area contributed by atoms with Crippen LogP contribution in [0.25, 0.3) is 0 Å². The Morgan fingerprint density at radius 3 is 2.40 bits per heavy atom. The molecule has 1 atom stereocenters. The van der Waals surface area contributed by atoms with Gasteiger partial charge in [-0.3, -0.25) is 15.6 Å². The summed E-state index contributed by atoms with van der Waals surface area (Å²) in [4.78, 5) is 11.3. The van der Waals surface area contributed by atoms with Gasteiger partial charge in [-0.1, -0.05) is 37.3 Å². The van der Waals surface area contributed by atoms with Crippen LogP contribution in [0.15, 0.2) is 42.0 Å². The number of carbonyl (C=O) groups is 1. The molecule has 1 heterocycles. The molecule has 2 N–H and O–H groups in total. The van der Waals surface area contributed by atoms with E-state index in [0.29, 0.717) is 30.7 Å². The summed E-state index contributed by atoms with van der Waals surface area (Å²) < 4.78 is 4.15. The third kappa shape index (κ3) is 6.53. The van der Waals surface area contributed by atoms with Crippen molar-refractivity contribution in [3.8, 4) is 0 Å². The van der Waals surface area contributed by atoms with Gasteiger partial charge in [-0.05, 0) is 50.3 Å². The van der Waals surface area contributed by atoms with Crippen LogP contribution >= 0.6 is 0 Å². The molecule has 5 heteroatoms. The Hall–Kier alpha value is -2.43. The van der Waals surface area contributed by atoms with Crippen LogP contribution in [0.3, 0.4) is 0 Å². The normalized spacial score (nSPS) is 16.7. The quantitative estimate of drug-likeness (QED) is 0.465. The van der Waals surface area contributed by atoms with E-state index in [2.05, 4.69) is 16.6 Å². The van der Waals surface area contributed by atoms with Crippen molar-refractivity contribution in [3.63, 3.8) is 0 Å². The van der Waals surface area contributed by atoms with Gasteiger partial charge in [-0.15, -0.1) is 0 Å². The van der Waals surface area contributed by atoms with E-state index in [4.69, 9.17) is 10.8 Å². The summed E-state index contributed by atoms with van der Waals surface area (Å²) in [5.41, 5.74) is 2.38. The Balaban J connectivity index is 0.000000550. The molecule has 25 heavy (non-hydrogen) atoms. The number of ether oxygens (including phenoxy) is 1. The number of amidine groups is 1. The van der Waals surface area contributed by atoms with Crippen molar-refractivity contribution in [2.75, 3.05) is 13.2 Å². The highest BCUT2D eigenvalue weighted by atomic mass is 16.5. The molecule has 0 spiro atoms. The van der Waals surface area contributed by atoms with Gasteiger partial charge in [0.25, 0.3) is 6.47 Å². The highest BCUT2D eigenvalue weighted by Crippen LogP contribution is 2.19. The van der Waals surface area contributed by atoms with Crippen LogP contribution in [0.5, 0.6) is 0 Å². The second-order valence-electron chi connectivity index (χ2n) is 5.89. The fraction of sp³-hybridized carbons (Fsp3) is 0.450. The molecule has 0 bridgehead atoms. The van der Waals surface area contributed by atoms with Crippen LogP contribution in [-0.2, 0) is 9.53 Å². The molecule has 1 aromatic rings. The molecule has 5 nitrogen and oxygen atoms in total. The van der Waals surface area contributed by atoms with E-state index >= 15 is 0 Å². The lowest BCUT2D eigenvalue weighted by molar-refractivity contribution is -0.128. The number of benzene rings is 1. The second kappa shape index (κ2) is 11.2. The summed E-state index contributed by atoms with van der Waals surface area (Å²) in [6.07, 6.45) is 4.97. The molecule has 0 aliphatic carbocycles. The largest absolute Gasteiger partial charge is 0.468 e. The first-order valence-electron chi connectivity index (χ1n) is 8.80. The minimum atomic E-state index is 0.431. The van der Waals surface area contributed by atoms with Gasteiger partial charge in [0.15, 0.2) is 0 Å². The standard InChI is InChI=1S/C17H23N3.C3H6O2/c1-3-14(17(19)15-9-5-4-6-10-15)12-16(18)20-11-7-8-13(20)2;1-2-5-3-4/h4-6,9-10,12-13,18-19H,3,7-8,11H2,1-2H3;3H,2H2,1H3/b14-12-,18-16?,19-17?;. The van der Waals surface area contributed by atoms with Gasteiger partial charge < -0.3 is 9.64 Å².